The molecule has 2 rings (SSSR count). The first-order chi connectivity index (χ1) is 6.68. The molecule has 0 aliphatic heterocycles. The summed E-state index contributed by atoms with van der Waals surface area (Å²) in [5, 5.41) is 4.23. The first kappa shape index (κ1) is 9.30. The molecule has 4 nitrogen and oxygen atoms in total. The molecule has 0 bridgehead atoms. The van der Waals surface area contributed by atoms with Gasteiger partial charge in [0, 0.05) is 5.56 Å². The molecule has 2 aromatic rings. The van der Waals surface area contributed by atoms with E-state index in [1.54, 1.807) is 18.2 Å². The van der Waals surface area contributed by atoms with Crippen LogP contribution in [-0.4, -0.2) is 10.1 Å². The lowest BCUT2D eigenvalue weighted by Crippen LogP contribution is -1.95. The molecule has 0 aliphatic carbocycles. The van der Waals surface area contributed by atoms with Crippen LogP contribution in [0.5, 0.6) is 0 Å². The summed E-state index contributed by atoms with van der Waals surface area (Å²) in [7, 11) is 0. The highest BCUT2D eigenvalue weighted by Crippen LogP contribution is 2.30. The zero-order valence-electron chi connectivity index (χ0n) is 6.75. The van der Waals surface area contributed by atoms with E-state index >= 15 is 0 Å². The summed E-state index contributed by atoms with van der Waals surface area (Å²) >= 11 is 11.7. The predicted octanol–water partition coefficient (Wildman–Crippen LogP) is 2.34. The Morgan fingerprint density at radius 1 is 1.36 bits per heavy atom. The molecule has 1 N–H and O–H groups in total. The third-order valence-corrected chi connectivity index (χ3v) is 2.47. The largest absolute Gasteiger partial charge is 0.439 e. The molecule has 0 unspecified atom stereocenters. The molecule has 0 amide bonds. The Kier molecular flexibility index (Phi) is 2.31. The minimum atomic E-state index is -0.629. The maximum atomic E-state index is 10.7. The van der Waals surface area contributed by atoms with Gasteiger partial charge >= 0.3 is 5.76 Å². The van der Waals surface area contributed by atoms with Crippen LogP contribution in [0.2, 0.25) is 10.0 Å². The summed E-state index contributed by atoms with van der Waals surface area (Å²) in [5.41, 5.74) is 0.532. The fourth-order valence-corrected chi connectivity index (χ4v) is 1.42. The lowest BCUT2D eigenvalue weighted by Gasteiger charge is -1.99. The molecule has 0 saturated heterocycles. The number of hydrogen-bond acceptors (Lipinski definition) is 3. The Bertz CT molecular complexity index is 518. The smallest absolute Gasteiger partial charge is 0.296 e. The fraction of sp³-hybridized carbons (Fsp3) is 0. The van der Waals surface area contributed by atoms with E-state index in [0.717, 1.165) is 0 Å². The van der Waals surface area contributed by atoms with Gasteiger partial charge in [-0.1, -0.05) is 34.4 Å². The van der Waals surface area contributed by atoms with Crippen molar-refractivity contribution in [3.05, 3.63) is 38.8 Å². The highest BCUT2D eigenvalue weighted by Gasteiger charge is 2.10. The molecular formula is C8H4Cl2N2O2. The molecule has 1 aromatic carbocycles. The Morgan fingerprint density at radius 3 is 2.79 bits per heavy atom. The van der Waals surface area contributed by atoms with Crippen molar-refractivity contribution in [2.24, 2.45) is 0 Å². The van der Waals surface area contributed by atoms with Gasteiger partial charge in [0.1, 0.15) is 0 Å². The van der Waals surface area contributed by atoms with E-state index in [9.17, 15) is 4.79 Å². The van der Waals surface area contributed by atoms with Gasteiger partial charge in [-0.3, -0.25) is 9.51 Å². The number of H-pyrrole nitrogens is 1. The third-order valence-electron chi connectivity index (χ3n) is 1.65. The first-order valence-corrected chi connectivity index (χ1v) is 4.44. The maximum Gasteiger partial charge on any atom is 0.439 e. The van der Waals surface area contributed by atoms with Crippen molar-refractivity contribution in [2.45, 2.75) is 0 Å². The molecule has 0 aliphatic rings. The standard InChI is InChI=1S/C8H4Cl2N2O2/c9-5-3-1-2-4(6(5)10)7-11-8(13)14-12-7/h1-3H,(H,11,12,13). The minimum absolute atomic E-state index is 0.266. The highest BCUT2D eigenvalue weighted by atomic mass is 35.5. The van der Waals surface area contributed by atoms with Gasteiger partial charge in [0.05, 0.1) is 10.0 Å². The predicted molar refractivity (Wildman–Crippen MR) is 52.6 cm³/mol. The quantitative estimate of drug-likeness (QED) is 0.819. The molecule has 0 spiro atoms. The van der Waals surface area contributed by atoms with Gasteiger partial charge in [0.15, 0.2) is 5.82 Å². The molecule has 14 heavy (non-hydrogen) atoms. The van der Waals surface area contributed by atoms with E-state index in [0.29, 0.717) is 15.6 Å². The summed E-state index contributed by atoms with van der Waals surface area (Å²) in [5.74, 6) is -0.362. The van der Waals surface area contributed by atoms with Crippen molar-refractivity contribution in [1.82, 2.24) is 10.1 Å². The Balaban J connectivity index is 2.62. The molecular weight excluding hydrogens is 227 g/mol. The monoisotopic (exact) mass is 230 g/mol. The Hall–Kier alpha value is -1.26. The number of rotatable bonds is 1. The Morgan fingerprint density at radius 2 is 2.14 bits per heavy atom. The van der Waals surface area contributed by atoms with E-state index in [-0.39, 0.29) is 5.82 Å². The summed E-state index contributed by atoms with van der Waals surface area (Å²) in [4.78, 5) is 13.1. The zero-order valence-corrected chi connectivity index (χ0v) is 8.26. The van der Waals surface area contributed by atoms with E-state index in [2.05, 4.69) is 14.7 Å². The Labute approximate surface area is 88.4 Å². The molecule has 0 fully saturated rings. The van der Waals surface area contributed by atoms with Gasteiger partial charge in [-0.2, -0.15) is 0 Å². The number of benzene rings is 1. The molecule has 0 radical (unpaired) electrons. The van der Waals surface area contributed by atoms with E-state index in [1.807, 2.05) is 0 Å². The number of nitrogens with zero attached hydrogens (tertiary/aromatic N) is 1. The minimum Gasteiger partial charge on any atom is -0.296 e. The lowest BCUT2D eigenvalue weighted by molar-refractivity contribution is 0.388. The molecule has 6 heteroatoms. The average molecular weight is 231 g/mol. The van der Waals surface area contributed by atoms with Crippen molar-refractivity contribution < 1.29 is 4.52 Å². The molecule has 1 aromatic heterocycles. The van der Waals surface area contributed by atoms with Crippen molar-refractivity contribution >= 4 is 23.2 Å². The SMILES string of the molecule is O=c1[nH]c(-c2cccc(Cl)c2Cl)no1. The van der Waals surface area contributed by atoms with Crippen LogP contribution in [0.25, 0.3) is 11.4 Å². The summed E-state index contributed by atoms with van der Waals surface area (Å²) in [6.45, 7) is 0. The normalized spacial score (nSPS) is 10.4. The van der Waals surface area contributed by atoms with Crippen LogP contribution in [0.1, 0.15) is 0 Å². The van der Waals surface area contributed by atoms with Gasteiger partial charge in [0.2, 0.25) is 0 Å². The van der Waals surface area contributed by atoms with Crippen LogP contribution in [0.4, 0.5) is 0 Å². The van der Waals surface area contributed by atoms with Crippen LogP contribution in [-0.2, 0) is 0 Å². The van der Waals surface area contributed by atoms with Crippen LogP contribution in [0.15, 0.2) is 27.5 Å². The van der Waals surface area contributed by atoms with Gasteiger partial charge in [0.25, 0.3) is 0 Å². The van der Waals surface area contributed by atoms with Crippen molar-refractivity contribution in [1.29, 1.82) is 0 Å². The number of aromatic amines is 1. The molecule has 0 saturated carbocycles. The lowest BCUT2D eigenvalue weighted by atomic mass is 10.2. The summed E-state index contributed by atoms with van der Waals surface area (Å²) < 4.78 is 4.35. The van der Waals surface area contributed by atoms with Gasteiger partial charge in [-0.05, 0) is 12.1 Å². The highest BCUT2D eigenvalue weighted by molar-refractivity contribution is 6.43. The van der Waals surface area contributed by atoms with Crippen LogP contribution >= 0.6 is 23.2 Å². The first-order valence-electron chi connectivity index (χ1n) is 3.69. The number of aromatic nitrogens is 2. The second-order valence-corrected chi connectivity index (χ2v) is 3.33. The third kappa shape index (κ3) is 1.54. The summed E-state index contributed by atoms with van der Waals surface area (Å²) in [6, 6.07) is 5.03. The van der Waals surface area contributed by atoms with Crippen molar-refractivity contribution in [3.63, 3.8) is 0 Å². The second kappa shape index (κ2) is 3.48. The van der Waals surface area contributed by atoms with E-state index < -0.39 is 5.76 Å². The topological polar surface area (TPSA) is 58.9 Å². The maximum absolute atomic E-state index is 10.7. The average Bonchev–Trinajstić information content (AvgIpc) is 2.57. The van der Waals surface area contributed by atoms with Crippen molar-refractivity contribution in [2.75, 3.05) is 0 Å². The van der Waals surface area contributed by atoms with Gasteiger partial charge in [-0.25, -0.2) is 4.79 Å². The zero-order chi connectivity index (χ0) is 10.1. The fourth-order valence-electron chi connectivity index (χ4n) is 1.03. The number of nitrogens with one attached hydrogen (secondary N) is 1. The number of hydrogen-bond donors (Lipinski definition) is 1. The van der Waals surface area contributed by atoms with Gasteiger partial charge < -0.3 is 0 Å². The molecule has 1 heterocycles. The van der Waals surface area contributed by atoms with Gasteiger partial charge in [-0.15, -0.1) is 0 Å². The van der Waals surface area contributed by atoms with Crippen LogP contribution in [0, 0.1) is 0 Å². The second-order valence-electron chi connectivity index (χ2n) is 2.55. The molecule has 72 valence electrons. The van der Waals surface area contributed by atoms with Crippen LogP contribution < -0.4 is 5.76 Å². The summed E-state index contributed by atoms with van der Waals surface area (Å²) in [6.07, 6.45) is 0. The van der Waals surface area contributed by atoms with Crippen molar-refractivity contribution in [3.8, 4) is 11.4 Å². The number of halogens is 2. The van der Waals surface area contributed by atoms with E-state index in [4.69, 9.17) is 23.2 Å². The molecule has 0 atom stereocenters. The van der Waals surface area contributed by atoms with E-state index in [1.165, 1.54) is 0 Å². The van der Waals surface area contributed by atoms with Crippen LogP contribution in [0.3, 0.4) is 0 Å².